The first kappa shape index (κ1) is 24.0. The van der Waals surface area contributed by atoms with Crippen molar-refractivity contribution in [1.29, 1.82) is 0 Å². The average Bonchev–Trinajstić information content (AvgIpc) is 3.37. The molecular formula is C29H31NO6. The predicted molar refractivity (Wildman–Crippen MR) is 135 cm³/mol. The highest BCUT2D eigenvalue weighted by atomic mass is 16.7. The van der Waals surface area contributed by atoms with Gasteiger partial charge in [0.05, 0.1) is 18.6 Å². The van der Waals surface area contributed by atoms with Crippen LogP contribution < -0.4 is 18.9 Å². The second-order valence-electron chi connectivity index (χ2n) is 9.10. The molecule has 3 aromatic rings. The van der Waals surface area contributed by atoms with Gasteiger partial charge in [-0.3, -0.25) is 9.69 Å². The van der Waals surface area contributed by atoms with E-state index in [-0.39, 0.29) is 12.8 Å². The van der Waals surface area contributed by atoms with E-state index in [1.54, 1.807) is 0 Å². The Labute approximate surface area is 211 Å². The van der Waals surface area contributed by atoms with Crippen LogP contribution in [0.2, 0.25) is 0 Å². The fourth-order valence-electron chi connectivity index (χ4n) is 4.96. The molecule has 2 aliphatic rings. The number of nitrogens with zero attached hydrogens (tertiary/aromatic N) is 1. The van der Waals surface area contributed by atoms with Gasteiger partial charge in [-0.05, 0) is 67.3 Å². The highest BCUT2D eigenvalue weighted by molar-refractivity contribution is 5.70. The molecule has 1 fully saturated rings. The molecule has 7 heteroatoms. The molecule has 3 aromatic carbocycles. The Hall–Kier alpha value is -3.71. The summed E-state index contributed by atoms with van der Waals surface area (Å²) in [7, 11) is 0. The molecule has 5 rings (SSSR count). The quantitative estimate of drug-likeness (QED) is 0.438. The molecule has 0 aromatic heterocycles. The summed E-state index contributed by atoms with van der Waals surface area (Å²) in [6, 6.07) is 21.8. The molecule has 2 heterocycles. The predicted octanol–water partition coefficient (Wildman–Crippen LogP) is 5.28. The van der Waals surface area contributed by atoms with Crippen molar-refractivity contribution in [1.82, 2.24) is 4.90 Å². The van der Waals surface area contributed by atoms with E-state index in [9.17, 15) is 9.90 Å². The summed E-state index contributed by atoms with van der Waals surface area (Å²) in [5.41, 5.74) is 3.11. The SMILES string of the molecule is CCOc1cc(C(c2ccc3c(c2)OCO3)N2CCCC(C(=O)O)C2)ccc1OCc1ccccc1. The molecule has 188 valence electrons. The van der Waals surface area contributed by atoms with E-state index in [1.165, 1.54) is 0 Å². The fraction of sp³-hybridized carbons (Fsp3) is 0.345. The second-order valence-corrected chi connectivity index (χ2v) is 9.10. The van der Waals surface area contributed by atoms with Gasteiger partial charge in [-0.25, -0.2) is 0 Å². The number of hydrogen-bond donors (Lipinski definition) is 1. The summed E-state index contributed by atoms with van der Waals surface area (Å²) in [6.07, 6.45) is 1.52. The number of carboxylic acids is 1. The molecule has 0 radical (unpaired) electrons. The lowest BCUT2D eigenvalue weighted by Crippen LogP contribution is -2.41. The molecular weight excluding hydrogens is 458 g/mol. The van der Waals surface area contributed by atoms with E-state index in [1.807, 2.05) is 73.7 Å². The molecule has 2 unspecified atom stereocenters. The number of carboxylic acid groups (broad SMARTS) is 1. The third-order valence-electron chi connectivity index (χ3n) is 6.70. The van der Waals surface area contributed by atoms with Crippen molar-refractivity contribution < 1.29 is 28.8 Å². The summed E-state index contributed by atoms with van der Waals surface area (Å²) >= 11 is 0. The zero-order valence-corrected chi connectivity index (χ0v) is 20.4. The van der Waals surface area contributed by atoms with Crippen molar-refractivity contribution in [3.05, 3.63) is 83.4 Å². The smallest absolute Gasteiger partial charge is 0.307 e. The van der Waals surface area contributed by atoms with Crippen LogP contribution in [0, 0.1) is 5.92 Å². The van der Waals surface area contributed by atoms with Crippen LogP contribution in [0.1, 0.15) is 42.5 Å². The summed E-state index contributed by atoms with van der Waals surface area (Å²) in [5.74, 6) is 1.63. The zero-order chi connectivity index (χ0) is 24.9. The molecule has 1 saturated heterocycles. The van der Waals surface area contributed by atoms with E-state index < -0.39 is 11.9 Å². The van der Waals surface area contributed by atoms with Crippen LogP contribution in [-0.2, 0) is 11.4 Å². The first-order chi connectivity index (χ1) is 17.6. The average molecular weight is 490 g/mol. The van der Waals surface area contributed by atoms with Crippen LogP contribution in [0.25, 0.3) is 0 Å². The number of rotatable bonds is 9. The van der Waals surface area contributed by atoms with E-state index >= 15 is 0 Å². The van der Waals surface area contributed by atoms with Gasteiger partial charge in [-0.15, -0.1) is 0 Å². The monoisotopic (exact) mass is 489 g/mol. The van der Waals surface area contributed by atoms with Gasteiger partial charge in [-0.2, -0.15) is 0 Å². The van der Waals surface area contributed by atoms with Gasteiger partial charge in [-0.1, -0.05) is 42.5 Å². The highest BCUT2D eigenvalue weighted by Crippen LogP contribution is 2.41. The number of likely N-dealkylation sites (tertiary alicyclic amines) is 1. The third kappa shape index (κ3) is 5.26. The second kappa shape index (κ2) is 10.9. The summed E-state index contributed by atoms with van der Waals surface area (Å²) < 4.78 is 23.3. The Morgan fingerprint density at radius 2 is 1.78 bits per heavy atom. The number of carbonyl (C=O) groups is 1. The van der Waals surface area contributed by atoms with Crippen molar-refractivity contribution in [2.75, 3.05) is 26.5 Å². The minimum absolute atomic E-state index is 0.163. The van der Waals surface area contributed by atoms with E-state index in [0.717, 1.165) is 35.4 Å². The topological polar surface area (TPSA) is 77.5 Å². The van der Waals surface area contributed by atoms with Crippen molar-refractivity contribution in [3.63, 3.8) is 0 Å². The minimum atomic E-state index is -0.746. The highest BCUT2D eigenvalue weighted by Gasteiger charge is 2.32. The Morgan fingerprint density at radius 3 is 2.58 bits per heavy atom. The van der Waals surface area contributed by atoms with Crippen molar-refractivity contribution in [3.8, 4) is 23.0 Å². The molecule has 7 nitrogen and oxygen atoms in total. The maximum atomic E-state index is 11.8. The van der Waals surface area contributed by atoms with Crippen LogP contribution in [0.5, 0.6) is 23.0 Å². The molecule has 0 spiro atoms. The van der Waals surface area contributed by atoms with Gasteiger partial charge in [0, 0.05) is 6.54 Å². The number of benzene rings is 3. The largest absolute Gasteiger partial charge is 0.490 e. The van der Waals surface area contributed by atoms with Gasteiger partial charge < -0.3 is 24.1 Å². The van der Waals surface area contributed by atoms with Gasteiger partial charge in [0.25, 0.3) is 0 Å². The molecule has 1 N–H and O–H groups in total. The van der Waals surface area contributed by atoms with Gasteiger partial charge in [0.2, 0.25) is 6.79 Å². The molecule has 0 amide bonds. The lowest BCUT2D eigenvalue weighted by Gasteiger charge is -2.37. The normalized spacial score (nSPS) is 18.0. The number of hydrogen-bond acceptors (Lipinski definition) is 6. The maximum absolute atomic E-state index is 11.8. The third-order valence-corrected chi connectivity index (χ3v) is 6.70. The Bertz CT molecular complexity index is 1200. The molecule has 0 saturated carbocycles. The number of piperidine rings is 1. The van der Waals surface area contributed by atoms with Gasteiger partial charge in [0.1, 0.15) is 6.61 Å². The van der Waals surface area contributed by atoms with Crippen LogP contribution in [0.3, 0.4) is 0 Å². The molecule has 0 bridgehead atoms. The number of ether oxygens (including phenoxy) is 4. The van der Waals surface area contributed by atoms with Crippen molar-refractivity contribution >= 4 is 5.97 Å². The van der Waals surface area contributed by atoms with E-state index in [0.29, 0.717) is 43.4 Å². The van der Waals surface area contributed by atoms with Crippen LogP contribution in [-0.4, -0.2) is 42.5 Å². The van der Waals surface area contributed by atoms with Crippen LogP contribution in [0.4, 0.5) is 0 Å². The maximum Gasteiger partial charge on any atom is 0.307 e. The fourth-order valence-corrected chi connectivity index (χ4v) is 4.96. The first-order valence-corrected chi connectivity index (χ1v) is 12.4. The van der Waals surface area contributed by atoms with Crippen molar-refractivity contribution in [2.24, 2.45) is 5.92 Å². The minimum Gasteiger partial charge on any atom is -0.490 e. The molecule has 36 heavy (non-hydrogen) atoms. The van der Waals surface area contributed by atoms with Crippen molar-refractivity contribution in [2.45, 2.75) is 32.4 Å². The molecule has 2 atom stereocenters. The van der Waals surface area contributed by atoms with Crippen LogP contribution in [0.15, 0.2) is 66.7 Å². The van der Waals surface area contributed by atoms with Gasteiger partial charge in [0.15, 0.2) is 23.0 Å². The van der Waals surface area contributed by atoms with Crippen LogP contribution >= 0.6 is 0 Å². The number of aliphatic carboxylic acids is 1. The first-order valence-electron chi connectivity index (χ1n) is 12.4. The summed E-state index contributed by atoms with van der Waals surface area (Å²) in [6.45, 7) is 4.38. The molecule has 2 aliphatic heterocycles. The molecule has 0 aliphatic carbocycles. The van der Waals surface area contributed by atoms with Gasteiger partial charge >= 0.3 is 5.97 Å². The Balaban J connectivity index is 1.49. The Morgan fingerprint density at radius 1 is 1.00 bits per heavy atom. The Kier molecular flexibility index (Phi) is 7.28. The van der Waals surface area contributed by atoms with E-state index in [4.69, 9.17) is 18.9 Å². The van der Waals surface area contributed by atoms with E-state index in [2.05, 4.69) is 4.90 Å². The summed E-state index contributed by atoms with van der Waals surface area (Å²) in [5, 5.41) is 9.71. The lowest BCUT2D eigenvalue weighted by molar-refractivity contribution is -0.143. The zero-order valence-electron chi connectivity index (χ0n) is 20.4. The number of fused-ring (bicyclic) bond motifs is 1. The standard InChI is InChI=1S/C29H31NO6/c1-2-33-26-15-21(10-12-24(26)34-18-20-7-4-3-5-8-20)28(30-14-6-9-23(17-30)29(31)32)22-11-13-25-27(16-22)36-19-35-25/h3-5,7-8,10-13,15-16,23,28H,2,6,9,14,17-19H2,1H3,(H,31,32). The summed E-state index contributed by atoms with van der Waals surface area (Å²) in [4.78, 5) is 14.1. The lowest BCUT2D eigenvalue weighted by atomic mass is 9.91.